The SMILES string of the molecule is CC(=O)N1[C@@H](CC(=O)O)CN(c2ccccc2)C[C@@H]1C. The van der Waals surface area contributed by atoms with E-state index in [1.807, 2.05) is 37.3 Å². The highest BCUT2D eigenvalue weighted by atomic mass is 16.4. The fourth-order valence-electron chi connectivity index (χ4n) is 2.97. The van der Waals surface area contributed by atoms with Crippen LogP contribution in [0.25, 0.3) is 0 Å². The van der Waals surface area contributed by atoms with Gasteiger partial charge in [0.15, 0.2) is 0 Å². The van der Waals surface area contributed by atoms with Gasteiger partial charge in [-0.2, -0.15) is 0 Å². The van der Waals surface area contributed by atoms with E-state index >= 15 is 0 Å². The van der Waals surface area contributed by atoms with E-state index in [9.17, 15) is 9.59 Å². The number of carbonyl (C=O) groups excluding carboxylic acids is 1. The summed E-state index contributed by atoms with van der Waals surface area (Å²) in [6.45, 7) is 4.74. The van der Waals surface area contributed by atoms with Crippen LogP contribution >= 0.6 is 0 Å². The predicted octanol–water partition coefficient (Wildman–Crippen LogP) is 1.59. The molecule has 1 fully saturated rings. The molecule has 108 valence electrons. The average Bonchev–Trinajstić information content (AvgIpc) is 2.38. The van der Waals surface area contributed by atoms with Crippen molar-refractivity contribution in [3.05, 3.63) is 30.3 Å². The normalized spacial score (nSPS) is 22.7. The second-order valence-corrected chi connectivity index (χ2v) is 5.27. The van der Waals surface area contributed by atoms with Gasteiger partial charge in [-0.15, -0.1) is 0 Å². The molecule has 5 nitrogen and oxygen atoms in total. The number of carboxylic acid groups (broad SMARTS) is 1. The quantitative estimate of drug-likeness (QED) is 0.910. The molecule has 0 unspecified atom stereocenters. The van der Waals surface area contributed by atoms with Gasteiger partial charge >= 0.3 is 5.97 Å². The molecule has 0 aromatic heterocycles. The Morgan fingerprint density at radius 2 is 1.90 bits per heavy atom. The first kappa shape index (κ1) is 14.4. The number of rotatable bonds is 3. The maximum Gasteiger partial charge on any atom is 0.305 e. The third-order valence-electron chi connectivity index (χ3n) is 3.68. The molecule has 5 heteroatoms. The van der Waals surface area contributed by atoms with E-state index in [4.69, 9.17) is 5.11 Å². The Balaban J connectivity index is 2.21. The lowest BCUT2D eigenvalue weighted by Gasteiger charge is -2.46. The van der Waals surface area contributed by atoms with Crippen LogP contribution in [0.4, 0.5) is 5.69 Å². The number of nitrogens with zero attached hydrogens (tertiary/aromatic N) is 2. The van der Waals surface area contributed by atoms with Crippen molar-refractivity contribution in [2.45, 2.75) is 32.4 Å². The second kappa shape index (κ2) is 5.94. The minimum atomic E-state index is -0.872. The molecule has 1 aliphatic rings. The van der Waals surface area contributed by atoms with Gasteiger partial charge in [0.1, 0.15) is 0 Å². The van der Waals surface area contributed by atoms with Crippen LogP contribution in [0.15, 0.2) is 30.3 Å². The first-order chi connectivity index (χ1) is 9.49. The zero-order valence-corrected chi connectivity index (χ0v) is 11.8. The van der Waals surface area contributed by atoms with Crippen molar-refractivity contribution >= 4 is 17.6 Å². The van der Waals surface area contributed by atoms with Crippen molar-refractivity contribution < 1.29 is 14.7 Å². The van der Waals surface area contributed by atoms with Gasteiger partial charge < -0.3 is 14.9 Å². The number of anilines is 1. The molecule has 1 heterocycles. The van der Waals surface area contributed by atoms with Gasteiger partial charge in [0.25, 0.3) is 0 Å². The number of aliphatic carboxylic acids is 1. The molecule has 0 radical (unpaired) electrons. The summed E-state index contributed by atoms with van der Waals surface area (Å²) in [5.41, 5.74) is 1.07. The lowest BCUT2D eigenvalue weighted by atomic mass is 10.0. The molecule has 1 aromatic rings. The summed E-state index contributed by atoms with van der Waals surface area (Å²) in [6, 6.07) is 9.61. The third kappa shape index (κ3) is 3.10. The molecule has 2 atom stereocenters. The van der Waals surface area contributed by atoms with E-state index in [0.717, 1.165) is 12.2 Å². The highest BCUT2D eigenvalue weighted by molar-refractivity contribution is 5.76. The van der Waals surface area contributed by atoms with Crippen LogP contribution in [0, 0.1) is 0 Å². The minimum absolute atomic E-state index is 0.00538. The zero-order valence-electron chi connectivity index (χ0n) is 11.8. The molecule has 0 bridgehead atoms. The van der Waals surface area contributed by atoms with Crippen LogP contribution in [0.3, 0.4) is 0 Å². The first-order valence-electron chi connectivity index (χ1n) is 6.79. The van der Waals surface area contributed by atoms with Gasteiger partial charge in [-0.1, -0.05) is 18.2 Å². The highest BCUT2D eigenvalue weighted by Gasteiger charge is 2.34. The first-order valence-corrected chi connectivity index (χ1v) is 6.79. The van der Waals surface area contributed by atoms with Crippen molar-refractivity contribution in [3.63, 3.8) is 0 Å². The molecule has 2 rings (SSSR count). The second-order valence-electron chi connectivity index (χ2n) is 5.27. The fraction of sp³-hybridized carbons (Fsp3) is 0.467. The summed E-state index contributed by atoms with van der Waals surface area (Å²) >= 11 is 0. The van der Waals surface area contributed by atoms with Crippen molar-refractivity contribution in [2.75, 3.05) is 18.0 Å². The van der Waals surface area contributed by atoms with Crippen LogP contribution in [0.1, 0.15) is 20.3 Å². The van der Waals surface area contributed by atoms with Gasteiger partial charge in [0, 0.05) is 31.7 Å². The smallest absolute Gasteiger partial charge is 0.305 e. The summed E-state index contributed by atoms with van der Waals surface area (Å²) in [4.78, 5) is 26.6. The summed E-state index contributed by atoms with van der Waals surface area (Å²) < 4.78 is 0. The zero-order chi connectivity index (χ0) is 14.7. The maximum atomic E-state index is 11.8. The largest absolute Gasteiger partial charge is 0.481 e. The lowest BCUT2D eigenvalue weighted by molar-refractivity contribution is -0.141. The molecular formula is C15H20N2O3. The Bertz CT molecular complexity index is 489. The average molecular weight is 276 g/mol. The molecular weight excluding hydrogens is 256 g/mol. The number of benzene rings is 1. The predicted molar refractivity (Wildman–Crippen MR) is 76.7 cm³/mol. The van der Waals surface area contributed by atoms with E-state index in [0.29, 0.717) is 6.54 Å². The van der Waals surface area contributed by atoms with Crippen LogP contribution in [-0.2, 0) is 9.59 Å². The van der Waals surface area contributed by atoms with E-state index in [2.05, 4.69) is 4.90 Å². The molecule has 0 spiro atoms. The molecule has 1 aromatic carbocycles. The van der Waals surface area contributed by atoms with Crippen molar-refractivity contribution in [1.82, 2.24) is 4.90 Å². The summed E-state index contributed by atoms with van der Waals surface area (Å²) in [5.74, 6) is -0.931. The molecule has 1 aliphatic heterocycles. The van der Waals surface area contributed by atoms with Crippen molar-refractivity contribution in [1.29, 1.82) is 0 Å². The Kier molecular flexibility index (Phi) is 4.27. The highest BCUT2D eigenvalue weighted by Crippen LogP contribution is 2.24. The number of amides is 1. The Hall–Kier alpha value is -2.04. The number of carbonyl (C=O) groups is 2. The van der Waals surface area contributed by atoms with Crippen molar-refractivity contribution in [3.8, 4) is 0 Å². The molecule has 20 heavy (non-hydrogen) atoms. The molecule has 0 saturated carbocycles. The van der Waals surface area contributed by atoms with Gasteiger partial charge in [0.05, 0.1) is 12.5 Å². The lowest BCUT2D eigenvalue weighted by Crippen LogP contribution is -2.59. The van der Waals surface area contributed by atoms with Crippen molar-refractivity contribution in [2.24, 2.45) is 0 Å². The summed E-state index contributed by atoms with van der Waals surface area (Å²) in [5, 5.41) is 9.05. The van der Waals surface area contributed by atoms with Gasteiger partial charge in [0.2, 0.25) is 5.91 Å². The standard InChI is InChI=1S/C15H20N2O3/c1-11-9-16(13-6-4-3-5-7-13)10-14(8-15(19)20)17(11)12(2)18/h3-7,11,14H,8-10H2,1-2H3,(H,19,20)/t11-,14-/m0/s1. The van der Waals surface area contributed by atoms with E-state index in [-0.39, 0.29) is 24.4 Å². The number of hydrogen-bond donors (Lipinski definition) is 1. The number of hydrogen-bond acceptors (Lipinski definition) is 3. The van der Waals surface area contributed by atoms with Gasteiger partial charge in [-0.3, -0.25) is 9.59 Å². The molecule has 1 amide bonds. The summed E-state index contributed by atoms with van der Waals surface area (Å²) in [6.07, 6.45) is -0.0206. The number of para-hydroxylation sites is 1. The van der Waals surface area contributed by atoms with E-state index in [1.54, 1.807) is 4.90 Å². The van der Waals surface area contributed by atoms with E-state index < -0.39 is 5.97 Å². The van der Waals surface area contributed by atoms with Crippen LogP contribution in [-0.4, -0.2) is 47.1 Å². The third-order valence-corrected chi connectivity index (χ3v) is 3.68. The number of piperazine rings is 1. The molecule has 0 aliphatic carbocycles. The molecule has 1 N–H and O–H groups in total. The maximum absolute atomic E-state index is 11.8. The fourth-order valence-corrected chi connectivity index (χ4v) is 2.97. The summed E-state index contributed by atoms with van der Waals surface area (Å²) in [7, 11) is 0. The molecule has 1 saturated heterocycles. The van der Waals surface area contributed by atoms with E-state index in [1.165, 1.54) is 6.92 Å². The Labute approximate surface area is 118 Å². The van der Waals surface area contributed by atoms with Gasteiger partial charge in [-0.25, -0.2) is 0 Å². The van der Waals surface area contributed by atoms with Crippen LogP contribution in [0.5, 0.6) is 0 Å². The number of carboxylic acids is 1. The Morgan fingerprint density at radius 3 is 2.45 bits per heavy atom. The Morgan fingerprint density at radius 1 is 1.25 bits per heavy atom. The van der Waals surface area contributed by atoms with Crippen LogP contribution in [0.2, 0.25) is 0 Å². The minimum Gasteiger partial charge on any atom is -0.481 e. The van der Waals surface area contributed by atoms with Crippen LogP contribution < -0.4 is 4.90 Å². The topological polar surface area (TPSA) is 60.9 Å². The van der Waals surface area contributed by atoms with Gasteiger partial charge in [-0.05, 0) is 19.1 Å². The monoisotopic (exact) mass is 276 g/mol.